The molecule has 18 heavy (non-hydrogen) atoms. The van der Waals surface area contributed by atoms with Gasteiger partial charge in [-0.2, -0.15) is 0 Å². The minimum absolute atomic E-state index is 0.0230. The van der Waals surface area contributed by atoms with Crippen molar-refractivity contribution in [3.63, 3.8) is 0 Å². The number of benzene rings is 2. The minimum atomic E-state index is -0.567. The Morgan fingerprint density at radius 3 is 1.78 bits per heavy atom. The molecule has 0 fully saturated rings. The van der Waals surface area contributed by atoms with Crippen molar-refractivity contribution in [1.82, 2.24) is 0 Å². The molecule has 0 aromatic heterocycles. The summed E-state index contributed by atoms with van der Waals surface area (Å²) in [6.07, 6.45) is 1.79. The van der Waals surface area contributed by atoms with Crippen LogP contribution < -0.4 is 0 Å². The van der Waals surface area contributed by atoms with Crippen molar-refractivity contribution in [3.8, 4) is 0 Å². The predicted molar refractivity (Wildman–Crippen MR) is 76.0 cm³/mol. The summed E-state index contributed by atoms with van der Waals surface area (Å²) in [6, 6.07) is 20.3. The van der Waals surface area contributed by atoms with Gasteiger partial charge in [0.25, 0.3) is 0 Å². The van der Waals surface area contributed by atoms with E-state index >= 15 is 0 Å². The van der Waals surface area contributed by atoms with E-state index in [1.165, 1.54) is 0 Å². The van der Waals surface area contributed by atoms with E-state index in [-0.39, 0.29) is 4.83 Å². The molecule has 2 aromatic carbocycles. The fourth-order valence-electron chi connectivity index (χ4n) is 2.28. The normalized spacial score (nSPS) is 20.6. The number of rotatable bonds is 2. The van der Waals surface area contributed by atoms with Crippen molar-refractivity contribution in [2.24, 2.45) is 5.16 Å². The van der Waals surface area contributed by atoms with Crippen molar-refractivity contribution in [2.45, 2.75) is 10.4 Å². The van der Waals surface area contributed by atoms with E-state index in [9.17, 15) is 0 Å². The van der Waals surface area contributed by atoms with Gasteiger partial charge >= 0.3 is 0 Å². The molecule has 0 saturated heterocycles. The van der Waals surface area contributed by atoms with Crippen molar-refractivity contribution in [3.05, 3.63) is 71.8 Å². The molecule has 2 aromatic rings. The molecule has 90 valence electrons. The van der Waals surface area contributed by atoms with Gasteiger partial charge in [-0.15, -0.1) is 0 Å². The first-order chi connectivity index (χ1) is 8.84. The van der Waals surface area contributed by atoms with Crippen molar-refractivity contribution < 1.29 is 4.84 Å². The molecule has 0 aliphatic carbocycles. The fourth-order valence-corrected chi connectivity index (χ4v) is 2.99. The van der Waals surface area contributed by atoms with Crippen LogP contribution in [0.2, 0.25) is 0 Å². The van der Waals surface area contributed by atoms with E-state index in [0.717, 1.165) is 11.1 Å². The summed E-state index contributed by atoms with van der Waals surface area (Å²) in [6.45, 7) is 0. The molecule has 3 heteroatoms. The van der Waals surface area contributed by atoms with Crippen molar-refractivity contribution in [2.75, 3.05) is 0 Å². The first-order valence-corrected chi connectivity index (χ1v) is 6.72. The monoisotopic (exact) mass is 301 g/mol. The smallest absolute Gasteiger partial charge is 0.205 e. The standard InChI is InChI=1S/C15H12BrNO/c16-14-11-17-18-15(14,12-7-3-1-4-8-12)13-9-5-2-6-10-13/h1-11,14H. The third-order valence-electron chi connectivity index (χ3n) is 3.18. The van der Waals surface area contributed by atoms with Gasteiger partial charge in [0.2, 0.25) is 5.60 Å². The number of hydrogen-bond donors (Lipinski definition) is 0. The zero-order valence-corrected chi connectivity index (χ0v) is 11.2. The Balaban J connectivity index is 2.17. The Hall–Kier alpha value is -1.61. The molecule has 0 saturated carbocycles. The highest BCUT2D eigenvalue weighted by Crippen LogP contribution is 2.42. The van der Waals surface area contributed by atoms with Crippen LogP contribution in [0.15, 0.2) is 65.8 Å². The summed E-state index contributed by atoms with van der Waals surface area (Å²) < 4.78 is 0. The van der Waals surface area contributed by atoms with Gasteiger partial charge in [0.15, 0.2) is 0 Å². The summed E-state index contributed by atoms with van der Waals surface area (Å²) >= 11 is 3.66. The van der Waals surface area contributed by atoms with E-state index in [0.29, 0.717) is 0 Å². The quantitative estimate of drug-likeness (QED) is 0.775. The zero-order chi connectivity index (χ0) is 12.4. The lowest BCUT2D eigenvalue weighted by Crippen LogP contribution is -2.35. The first kappa shape index (κ1) is 11.5. The molecule has 1 aliphatic rings. The van der Waals surface area contributed by atoms with Gasteiger partial charge < -0.3 is 4.84 Å². The molecule has 3 rings (SSSR count). The third-order valence-corrected chi connectivity index (χ3v) is 4.06. The predicted octanol–water partition coefficient (Wildman–Crippen LogP) is 3.71. The highest BCUT2D eigenvalue weighted by molar-refractivity contribution is 9.10. The second-order valence-corrected chi connectivity index (χ2v) is 5.20. The number of hydrogen-bond acceptors (Lipinski definition) is 2. The van der Waals surface area contributed by atoms with E-state index in [4.69, 9.17) is 4.84 Å². The van der Waals surface area contributed by atoms with Gasteiger partial charge in [0, 0.05) is 11.1 Å². The molecule has 1 heterocycles. The largest absolute Gasteiger partial charge is 0.378 e. The van der Waals surface area contributed by atoms with Gasteiger partial charge in [-0.1, -0.05) is 81.7 Å². The summed E-state index contributed by atoms with van der Waals surface area (Å²) in [4.78, 5) is 5.77. The van der Waals surface area contributed by atoms with Crippen LogP contribution in [0, 0.1) is 0 Å². The summed E-state index contributed by atoms with van der Waals surface area (Å²) in [5.74, 6) is 0. The lowest BCUT2D eigenvalue weighted by Gasteiger charge is -2.30. The maximum Gasteiger partial charge on any atom is 0.205 e. The van der Waals surface area contributed by atoms with Crippen LogP contribution in [-0.4, -0.2) is 11.0 Å². The Morgan fingerprint density at radius 2 is 1.39 bits per heavy atom. The summed E-state index contributed by atoms with van der Waals surface area (Å²) in [7, 11) is 0. The van der Waals surface area contributed by atoms with Crippen LogP contribution in [0.25, 0.3) is 0 Å². The van der Waals surface area contributed by atoms with Crippen molar-refractivity contribution >= 4 is 22.1 Å². The second kappa shape index (κ2) is 4.58. The Bertz CT molecular complexity index is 514. The Labute approximate surface area is 114 Å². The molecule has 1 unspecified atom stereocenters. The topological polar surface area (TPSA) is 21.6 Å². The van der Waals surface area contributed by atoms with Gasteiger partial charge in [-0.05, 0) is 0 Å². The highest BCUT2D eigenvalue weighted by atomic mass is 79.9. The molecular weight excluding hydrogens is 290 g/mol. The zero-order valence-electron chi connectivity index (χ0n) is 9.66. The first-order valence-electron chi connectivity index (χ1n) is 5.81. The molecule has 2 nitrogen and oxygen atoms in total. The molecule has 1 atom stereocenters. The summed E-state index contributed by atoms with van der Waals surface area (Å²) in [5, 5.41) is 4.00. The maximum atomic E-state index is 5.75. The van der Waals surface area contributed by atoms with Crippen LogP contribution in [0.3, 0.4) is 0 Å². The van der Waals surface area contributed by atoms with Gasteiger partial charge in [0.1, 0.15) is 4.83 Å². The average molecular weight is 302 g/mol. The molecule has 1 aliphatic heterocycles. The van der Waals surface area contributed by atoms with E-state index in [1.807, 2.05) is 36.4 Å². The molecule has 0 N–H and O–H groups in total. The fraction of sp³-hybridized carbons (Fsp3) is 0.133. The molecule has 0 amide bonds. The average Bonchev–Trinajstić information content (AvgIpc) is 2.84. The SMILES string of the molecule is BrC1C=NOC1(c1ccccc1)c1ccccc1. The van der Waals surface area contributed by atoms with Crippen molar-refractivity contribution in [1.29, 1.82) is 0 Å². The molecular formula is C15H12BrNO. The van der Waals surface area contributed by atoms with E-state index < -0.39 is 5.60 Å². The van der Waals surface area contributed by atoms with Gasteiger partial charge in [-0.3, -0.25) is 0 Å². The van der Waals surface area contributed by atoms with Crippen LogP contribution in [0.5, 0.6) is 0 Å². The maximum absolute atomic E-state index is 5.75. The van der Waals surface area contributed by atoms with Crippen LogP contribution in [-0.2, 0) is 10.4 Å². The van der Waals surface area contributed by atoms with Crippen LogP contribution in [0.1, 0.15) is 11.1 Å². The number of halogens is 1. The molecule has 0 bridgehead atoms. The number of alkyl halides is 1. The number of oxime groups is 1. The van der Waals surface area contributed by atoms with Gasteiger partial charge in [0.05, 0.1) is 6.21 Å². The summed E-state index contributed by atoms with van der Waals surface area (Å²) in [5.41, 5.74) is 1.62. The molecule has 0 radical (unpaired) electrons. The molecule has 0 spiro atoms. The Kier molecular flexibility index (Phi) is 2.92. The van der Waals surface area contributed by atoms with Crippen LogP contribution in [0.4, 0.5) is 0 Å². The Morgan fingerprint density at radius 1 is 0.889 bits per heavy atom. The van der Waals surface area contributed by atoms with E-state index in [1.54, 1.807) is 6.21 Å². The van der Waals surface area contributed by atoms with E-state index in [2.05, 4.69) is 45.4 Å². The van der Waals surface area contributed by atoms with Gasteiger partial charge in [-0.25, -0.2) is 0 Å². The number of nitrogens with zero attached hydrogens (tertiary/aromatic N) is 1. The third kappa shape index (κ3) is 1.66. The highest BCUT2D eigenvalue weighted by Gasteiger charge is 2.46. The van der Waals surface area contributed by atoms with Crippen LogP contribution >= 0.6 is 15.9 Å². The lowest BCUT2D eigenvalue weighted by atomic mass is 9.84. The second-order valence-electron chi connectivity index (χ2n) is 4.22. The minimum Gasteiger partial charge on any atom is -0.378 e. The lowest BCUT2D eigenvalue weighted by molar-refractivity contribution is 0.0154.